The summed E-state index contributed by atoms with van der Waals surface area (Å²) in [6, 6.07) is 20.4. The number of nitrogens with zero attached hydrogens (tertiary/aromatic N) is 1. The Kier molecular flexibility index (Phi) is 6.38. The van der Waals surface area contributed by atoms with E-state index in [0.29, 0.717) is 22.4 Å². The number of anilines is 1. The number of fused-ring (bicyclic) bond motifs is 1. The predicted octanol–water partition coefficient (Wildman–Crippen LogP) is 4.10. The van der Waals surface area contributed by atoms with Crippen LogP contribution in [0.15, 0.2) is 87.2 Å². The van der Waals surface area contributed by atoms with Crippen LogP contribution in [0.1, 0.15) is 21.5 Å². The number of methoxy groups -OCH3 is 1. The van der Waals surface area contributed by atoms with Gasteiger partial charge in [-0.2, -0.15) is 13.2 Å². The minimum atomic E-state index is -4.01. The molecule has 2 N–H and O–H groups in total. The Morgan fingerprint density at radius 1 is 0.941 bits per heavy atom. The fourth-order valence-corrected chi connectivity index (χ4v) is 4.17. The molecule has 0 spiro atoms. The number of amides is 1. The number of ether oxygens (including phenoxy) is 1. The molecule has 0 saturated carbocycles. The number of rotatable bonds is 6. The van der Waals surface area contributed by atoms with Crippen molar-refractivity contribution >= 4 is 32.6 Å². The molecule has 0 aliphatic carbocycles. The molecule has 1 aromatic heterocycles. The fraction of sp³-hybridized carbons (Fsp3) is 0.120. The van der Waals surface area contributed by atoms with E-state index in [1.165, 1.54) is 13.2 Å². The lowest BCUT2D eigenvalue weighted by molar-refractivity contribution is 0.102. The van der Waals surface area contributed by atoms with Crippen molar-refractivity contribution in [3.05, 3.63) is 95.0 Å². The lowest BCUT2D eigenvalue weighted by Crippen LogP contribution is -2.27. The number of carbonyl (C=O) groups is 1. The highest BCUT2D eigenvalue weighted by Gasteiger charge is 2.18. The number of para-hydroxylation sites is 2. The van der Waals surface area contributed by atoms with Gasteiger partial charge in [0.1, 0.15) is 5.56 Å². The molecule has 8 nitrogen and oxygen atoms in total. The highest BCUT2D eigenvalue weighted by Crippen LogP contribution is 2.25. The van der Waals surface area contributed by atoms with Gasteiger partial charge >= 0.3 is 0 Å². The summed E-state index contributed by atoms with van der Waals surface area (Å²) < 4.78 is 36.9. The van der Waals surface area contributed by atoms with Crippen LogP contribution in [-0.2, 0) is 10.0 Å². The van der Waals surface area contributed by atoms with E-state index in [1.807, 2.05) is 19.9 Å². The average Bonchev–Trinajstić information content (AvgIpc) is 2.84. The molecule has 9 heteroatoms. The number of carbonyl (C=O) groups excluding carboxylic acids is 1. The minimum Gasteiger partial charge on any atom is -0.493 e. The lowest BCUT2D eigenvalue weighted by atomic mass is 10.1. The molecular formula is C25H23N3O5S. The normalized spacial score (nSPS) is 11.9. The van der Waals surface area contributed by atoms with Gasteiger partial charge in [0.15, 0.2) is 11.3 Å². The Bertz CT molecular complexity index is 1540. The minimum absolute atomic E-state index is 0.0485. The van der Waals surface area contributed by atoms with Gasteiger partial charge in [-0.15, -0.1) is 5.10 Å². The van der Waals surface area contributed by atoms with E-state index in [0.717, 1.165) is 11.1 Å². The molecule has 0 atom stereocenters. The maximum atomic E-state index is 13.1. The van der Waals surface area contributed by atoms with Crippen LogP contribution in [0.4, 0.5) is 5.69 Å². The number of sulfonamides is 1. The number of benzene rings is 3. The van der Waals surface area contributed by atoms with Gasteiger partial charge in [0.25, 0.3) is 15.9 Å². The first-order valence-electron chi connectivity index (χ1n) is 10.4. The average molecular weight is 478 g/mol. The highest BCUT2D eigenvalue weighted by molar-refractivity contribution is 7.89. The molecule has 1 heterocycles. The number of hydrogen-bond donors (Lipinski definition) is 2. The summed E-state index contributed by atoms with van der Waals surface area (Å²) in [6.45, 7) is 3.71. The first-order valence-corrected chi connectivity index (χ1v) is 11.9. The van der Waals surface area contributed by atoms with Gasteiger partial charge in [0.05, 0.1) is 12.0 Å². The zero-order valence-corrected chi connectivity index (χ0v) is 19.6. The molecule has 174 valence electrons. The van der Waals surface area contributed by atoms with E-state index < -0.39 is 15.9 Å². The number of nitrogens with one attached hydrogen (secondary N) is 2. The van der Waals surface area contributed by atoms with Crippen LogP contribution in [0.2, 0.25) is 0 Å². The smallest absolute Gasteiger partial charge is 0.276 e. The molecule has 1 amide bonds. The molecule has 0 aliphatic rings. The molecule has 0 aliphatic heterocycles. The third kappa shape index (κ3) is 4.79. The maximum Gasteiger partial charge on any atom is 0.276 e. The zero-order valence-electron chi connectivity index (χ0n) is 18.8. The van der Waals surface area contributed by atoms with E-state index in [9.17, 15) is 13.2 Å². The van der Waals surface area contributed by atoms with Gasteiger partial charge in [-0.3, -0.25) is 4.79 Å². The lowest BCUT2D eigenvalue weighted by Gasteiger charge is -2.09. The highest BCUT2D eigenvalue weighted by atomic mass is 32.2. The molecule has 3 aromatic carbocycles. The van der Waals surface area contributed by atoms with Gasteiger partial charge in [-0.05, 0) is 61.4 Å². The Morgan fingerprint density at radius 3 is 2.41 bits per heavy atom. The molecule has 4 rings (SSSR count). The van der Waals surface area contributed by atoms with Gasteiger partial charge < -0.3 is 14.5 Å². The van der Waals surface area contributed by atoms with Crippen molar-refractivity contribution in [2.75, 3.05) is 12.4 Å². The molecule has 0 unspecified atom stereocenters. The van der Waals surface area contributed by atoms with Crippen molar-refractivity contribution in [3.8, 4) is 5.75 Å². The number of hydrogen-bond acceptors (Lipinski definition) is 6. The Balaban J connectivity index is 1.81. The molecule has 0 bridgehead atoms. The second-order valence-corrected chi connectivity index (χ2v) is 9.28. The van der Waals surface area contributed by atoms with Crippen molar-refractivity contribution in [2.45, 2.75) is 18.7 Å². The largest absolute Gasteiger partial charge is 0.493 e. The van der Waals surface area contributed by atoms with Crippen molar-refractivity contribution in [1.29, 1.82) is 0 Å². The summed E-state index contributed by atoms with van der Waals surface area (Å²) in [6.07, 6.45) is 0. The van der Waals surface area contributed by atoms with Gasteiger partial charge in [0, 0.05) is 11.1 Å². The topological polar surface area (TPSA) is 110 Å². The van der Waals surface area contributed by atoms with Crippen LogP contribution in [0.3, 0.4) is 0 Å². The molecular weight excluding hydrogens is 454 g/mol. The van der Waals surface area contributed by atoms with Crippen molar-refractivity contribution in [3.63, 3.8) is 0 Å². The standard InChI is InChI=1S/C25H23N3O5S/c1-16-12-13-20(14-17(16)2)34(30,31)28-27-25-21(24(29)26-19-9-5-4-6-10-19)15-18-8-7-11-22(32-3)23(18)33-25/h4-15,28H,1-3H3,(H,26,29)/b27-25+. The predicted molar refractivity (Wildman–Crippen MR) is 129 cm³/mol. The van der Waals surface area contributed by atoms with Crippen molar-refractivity contribution in [1.82, 2.24) is 4.83 Å². The Labute approximate surface area is 196 Å². The summed E-state index contributed by atoms with van der Waals surface area (Å²) in [5.41, 5.74) is 2.52. The maximum absolute atomic E-state index is 13.1. The van der Waals surface area contributed by atoms with Crippen LogP contribution < -0.4 is 20.4 Å². The Hall–Kier alpha value is -4.11. The SMILES string of the molecule is COc1cccc2cc(C(=O)Nc3ccccc3)/c(=N\NS(=O)(=O)c3ccc(C)c(C)c3)oc12. The van der Waals surface area contributed by atoms with E-state index in [4.69, 9.17) is 9.15 Å². The van der Waals surface area contributed by atoms with Crippen LogP contribution in [0.25, 0.3) is 11.0 Å². The van der Waals surface area contributed by atoms with Crippen LogP contribution in [-0.4, -0.2) is 21.4 Å². The molecule has 0 saturated heterocycles. The second-order valence-electron chi connectivity index (χ2n) is 7.62. The van der Waals surface area contributed by atoms with E-state index >= 15 is 0 Å². The number of aryl methyl sites for hydroxylation is 2. The monoisotopic (exact) mass is 477 g/mol. The molecule has 0 radical (unpaired) electrons. The third-order valence-corrected chi connectivity index (χ3v) is 6.50. The summed E-state index contributed by atoms with van der Waals surface area (Å²) in [5, 5.41) is 7.33. The summed E-state index contributed by atoms with van der Waals surface area (Å²) in [4.78, 5) is 15.3. The third-order valence-electron chi connectivity index (χ3n) is 5.29. The van der Waals surface area contributed by atoms with Crippen molar-refractivity contribution < 1.29 is 22.4 Å². The first kappa shape index (κ1) is 23.1. The Morgan fingerprint density at radius 2 is 1.71 bits per heavy atom. The molecule has 4 aromatic rings. The van der Waals surface area contributed by atoms with E-state index in [2.05, 4.69) is 15.2 Å². The van der Waals surface area contributed by atoms with E-state index in [-0.39, 0.29) is 16.0 Å². The first-order chi connectivity index (χ1) is 16.3. The zero-order chi connectivity index (χ0) is 24.3. The summed E-state index contributed by atoms with van der Waals surface area (Å²) >= 11 is 0. The summed E-state index contributed by atoms with van der Waals surface area (Å²) in [7, 11) is -2.52. The quantitative estimate of drug-likeness (QED) is 0.406. The second kappa shape index (κ2) is 9.40. The van der Waals surface area contributed by atoms with Gasteiger partial charge in [0.2, 0.25) is 5.55 Å². The van der Waals surface area contributed by atoms with Crippen molar-refractivity contribution in [2.24, 2.45) is 5.10 Å². The van der Waals surface area contributed by atoms with Crippen LogP contribution in [0.5, 0.6) is 5.75 Å². The summed E-state index contributed by atoms with van der Waals surface area (Å²) in [5.74, 6) is -0.0928. The van der Waals surface area contributed by atoms with E-state index in [1.54, 1.807) is 60.7 Å². The van der Waals surface area contributed by atoms with Gasteiger partial charge in [-0.1, -0.05) is 36.4 Å². The molecule has 34 heavy (non-hydrogen) atoms. The fourth-order valence-electron chi connectivity index (χ4n) is 3.29. The van der Waals surface area contributed by atoms with Gasteiger partial charge in [-0.25, -0.2) is 0 Å². The molecule has 0 fully saturated rings. The van der Waals surface area contributed by atoms with Crippen LogP contribution >= 0.6 is 0 Å². The van der Waals surface area contributed by atoms with Crippen LogP contribution in [0, 0.1) is 13.8 Å².